The third-order valence-electron chi connectivity index (χ3n) is 11.5. The zero-order valence-corrected chi connectivity index (χ0v) is 31.9. The van der Waals surface area contributed by atoms with Gasteiger partial charge in [0.05, 0.1) is 17.7 Å². The molecule has 2 saturated carbocycles. The molecule has 1 aromatic carbocycles. The molecule has 278 valence electrons. The van der Waals surface area contributed by atoms with Crippen LogP contribution in [0.15, 0.2) is 30.3 Å². The summed E-state index contributed by atoms with van der Waals surface area (Å²) in [4.78, 5) is 71.3. The van der Waals surface area contributed by atoms with E-state index >= 15 is 0 Å². The second kappa shape index (κ2) is 17.1. The Hall–Kier alpha value is -2.88. The molecule has 3 aliphatic rings. The summed E-state index contributed by atoms with van der Waals surface area (Å²) in [6.07, 6.45) is 9.34. The summed E-state index contributed by atoms with van der Waals surface area (Å²) in [6, 6.07) is 7.89. The number of Topliss-reactive ketones (excluding diaryl/α,β-unsaturated/α-hetero) is 3. The van der Waals surface area contributed by atoms with E-state index in [2.05, 4.69) is 5.32 Å². The lowest BCUT2D eigenvalue weighted by Crippen LogP contribution is -2.59. The van der Waals surface area contributed by atoms with Crippen LogP contribution in [0.3, 0.4) is 0 Å². The highest BCUT2D eigenvalue weighted by atomic mass is 32.2. The first-order chi connectivity index (χ1) is 23.5. The number of nitrogens with one attached hydrogen (secondary N) is 1. The lowest BCUT2D eigenvalue weighted by Gasteiger charge is -2.38. The predicted octanol–water partition coefficient (Wildman–Crippen LogP) is 6.09. The van der Waals surface area contributed by atoms with Crippen LogP contribution in [0, 0.1) is 35.0 Å². The Balaban J connectivity index is 1.54. The highest BCUT2D eigenvalue weighted by molar-refractivity contribution is 7.90. The topological polar surface area (TPSA) is 135 Å². The van der Waals surface area contributed by atoms with Crippen molar-refractivity contribution in [1.29, 1.82) is 0 Å². The largest absolute Gasteiger partial charge is 0.344 e. The van der Waals surface area contributed by atoms with Crippen molar-refractivity contribution in [3.63, 3.8) is 0 Å². The number of fused-ring (bicyclic) bond motifs is 1. The summed E-state index contributed by atoms with van der Waals surface area (Å²) in [5.41, 5.74) is 0.258. The summed E-state index contributed by atoms with van der Waals surface area (Å²) < 4.78 is 24.9. The number of carbonyl (C=O) groups is 5. The number of rotatable bonds is 16. The zero-order valence-electron chi connectivity index (χ0n) is 31.1. The molecular formula is C40H60N2O7S. The second-order valence-electron chi connectivity index (χ2n) is 16.7. The van der Waals surface area contributed by atoms with E-state index in [1.54, 1.807) is 4.90 Å². The molecule has 4 rings (SSSR count). The minimum absolute atomic E-state index is 0.0332. The van der Waals surface area contributed by atoms with Crippen molar-refractivity contribution in [3.8, 4) is 0 Å². The maximum absolute atomic E-state index is 14.6. The Bertz CT molecular complexity index is 1480. The summed E-state index contributed by atoms with van der Waals surface area (Å²) in [6.45, 7) is 9.86. The molecule has 0 aromatic heterocycles. The first-order valence-electron chi connectivity index (χ1n) is 18.9. The summed E-state index contributed by atoms with van der Waals surface area (Å²) >= 11 is 0. The first-order valence-corrected chi connectivity index (χ1v) is 21.0. The molecule has 0 unspecified atom stereocenters. The Morgan fingerprint density at radius 1 is 0.920 bits per heavy atom. The molecule has 2 aliphatic carbocycles. The van der Waals surface area contributed by atoms with E-state index in [0.29, 0.717) is 19.4 Å². The molecule has 50 heavy (non-hydrogen) atoms. The fourth-order valence-electron chi connectivity index (χ4n) is 8.84. The third-order valence-corrected chi connectivity index (χ3v) is 12.5. The Labute approximate surface area is 300 Å². The lowest BCUT2D eigenvalue weighted by molar-refractivity contribution is -0.146. The van der Waals surface area contributed by atoms with Crippen LogP contribution >= 0.6 is 0 Å². The van der Waals surface area contributed by atoms with Crippen LogP contribution in [0.2, 0.25) is 0 Å². The van der Waals surface area contributed by atoms with Crippen molar-refractivity contribution in [2.45, 2.75) is 130 Å². The molecule has 1 heterocycles. The van der Waals surface area contributed by atoms with Gasteiger partial charge < -0.3 is 10.2 Å². The van der Waals surface area contributed by atoms with Gasteiger partial charge in [0.2, 0.25) is 17.6 Å². The normalized spacial score (nSPS) is 23.8. The predicted molar refractivity (Wildman–Crippen MR) is 195 cm³/mol. The lowest BCUT2D eigenvalue weighted by atomic mass is 9.79. The van der Waals surface area contributed by atoms with E-state index in [1.165, 1.54) is 0 Å². The summed E-state index contributed by atoms with van der Waals surface area (Å²) in [7, 11) is -3.46. The average molecular weight is 713 g/mol. The van der Waals surface area contributed by atoms with Gasteiger partial charge in [-0.25, -0.2) is 8.42 Å². The van der Waals surface area contributed by atoms with E-state index < -0.39 is 56.6 Å². The maximum Gasteiger partial charge on any atom is 0.246 e. The molecule has 1 aromatic rings. The van der Waals surface area contributed by atoms with Crippen molar-refractivity contribution in [2.24, 2.45) is 35.0 Å². The van der Waals surface area contributed by atoms with Crippen LogP contribution in [0.4, 0.5) is 0 Å². The first kappa shape index (κ1) is 39.9. The number of hydrogen-bond acceptors (Lipinski definition) is 7. The van der Waals surface area contributed by atoms with Gasteiger partial charge in [-0.2, -0.15) is 0 Å². The number of sulfone groups is 1. The van der Waals surface area contributed by atoms with Gasteiger partial charge in [0.25, 0.3) is 0 Å². The molecule has 1 aliphatic heterocycles. The number of hydrogen-bond donors (Lipinski definition) is 1. The Kier molecular flexibility index (Phi) is 13.6. The van der Waals surface area contributed by atoms with Crippen LogP contribution < -0.4 is 5.32 Å². The van der Waals surface area contributed by atoms with Crippen LogP contribution in [-0.2, 0) is 33.8 Å². The molecule has 7 atom stereocenters. The molecular weight excluding hydrogens is 653 g/mol. The van der Waals surface area contributed by atoms with Crippen molar-refractivity contribution in [2.75, 3.05) is 18.6 Å². The Morgan fingerprint density at radius 2 is 1.58 bits per heavy atom. The van der Waals surface area contributed by atoms with E-state index in [9.17, 15) is 32.4 Å². The molecule has 9 nitrogen and oxygen atoms in total. The van der Waals surface area contributed by atoms with Gasteiger partial charge >= 0.3 is 0 Å². The van der Waals surface area contributed by atoms with Crippen LogP contribution in [0.25, 0.3) is 0 Å². The van der Waals surface area contributed by atoms with Crippen molar-refractivity contribution in [1.82, 2.24) is 10.2 Å². The number of amides is 2. The summed E-state index contributed by atoms with van der Waals surface area (Å²) in [5.74, 6) is -3.78. The molecule has 10 heteroatoms. The maximum atomic E-state index is 14.6. The summed E-state index contributed by atoms with van der Waals surface area (Å²) in [5, 5.41) is 3.00. The zero-order chi connectivity index (χ0) is 36.8. The Morgan fingerprint density at radius 3 is 2.18 bits per heavy atom. The number of nitrogens with zero attached hydrogens (tertiary/aromatic N) is 1. The van der Waals surface area contributed by atoms with E-state index in [4.69, 9.17) is 0 Å². The van der Waals surface area contributed by atoms with E-state index in [1.807, 2.05) is 65.0 Å². The van der Waals surface area contributed by atoms with Crippen LogP contribution in [0.1, 0.15) is 123 Å². The monoisotopic (exact) mass is 712 g/mol. The average Bonchev–Trinajstić information content (AvgIpc) is 3.67. The van der Waals surface area contributed by atoms with Gasteiger partial charge in [0, 0.05) is 31.6 Å². The number of ketones is 3. The molecule has 0 spiro atoms. The van der Waals surface area contributed by atoms with Gasteiger partial charge in [-0.15, -0.1) is 0 Å². The minimum atomic E-state index is -3.46. The van der Waals surface area contributed by atoms with Gasteiger partial charge in [-0.3, -0.25) is 24.0 Å². The van der Waals surface area contributed by atoms with Crippen molar-refractivity contribution >= 4 is 39.0 Å². The van der Waals surface area contributed by atoms with Crippen molar-refractivity contribution in [3.05, 3.63) is 35.9 Å². The van der Waals surface area contributed by atoms with Crippen molar-refractivity contribution < 1.29 is 32.4 Å². The van der Waals surface area contributed by atoms with Crippen LogP contribution in [-0.4, -0.2) is 73.1 Å². The highest BCUT2D eigenvalue weighted by Gasteiger charge is 2.52. The standard InChI is InChI=1S/C40H60N2O7S/c1-7-15-29(36(45)34(44)22-26(2)27-16-10-8-11-17-27)23-33(43)35-31-21-14-20-30(31)24-42(35)39(47)37(40(3,4)5)41-38(46)32(25-50(6,48)49)28-18-12-9-13-19-28/h8,10-11,16-17,26,28-32,35,37H,7,9,12-15,18-25H2,1-6H3,(H,41,46)/t26-,29+,30+,31+,32-,35+,37-/m1/s1. The molecule has 1 saturated heterocycles. The minimum Gasteiger partial charge on any atom is -0.344 e. The van der Waals surface area contributed by atoms with Gasteiger partial charge in [-0.05, 0) is 66.8 Å². The number of benzene rings is 1. The molecule has 1 N–H and O–H groups in total. The number of likely N-dealkylation sites (tertiary alicyclic amines) is 1. The van der Waals surface area contributed by atoms with Gasteiger partial charge in [0.1, 0.15) is 15.9 Å². The fourth-order valence-corrected chi connectivity index (χ4v) is 9.92. The highest BCUT2D eigenvalue weighted by Crippen LogP contribution is 2.44. The van der Waals surface area contributed by atoms with Gasteiger partial charge in [0.15, 0.2) is 11.6 Å². The number of carbonyl (C=O) groups excluding carboxylic acids is 5. The molecule has 0 radical (unpaired) electrons. The second-order valence-corrected chi connectivity index (χ2v) is 18.8. The quantitative estimate of drug-likeness (QED) is 0.205. The SMILES string of the molecule is CCC[C@@H](CC(=O)[C@@H]1[C@H]2CCC[C@H]2CN1C(=O)[C@@H](NC(=O)[C@H](CS(C)(=O)=O)C1CCCCC1)C(C)(C)C)C(=O)C(=O)C[C@@H](C)c1ccccc1. The third kappa shape index (κ3) is 10.1. The molecule has 3 fully saturated rings. The fraction of sp³-hybridized carbons (Fsp3) is 0.725. The van der Waals surface area contributed by atoms with Crippen LogP contribution in [0.5, 0.6) is 0 Å². The van der Waals surface area contributed by atoms with E-state index in [-0.39, 0.29) is 54.0 Å². The molecule has 2 amide bonds. The molecule has 0 bridgehead atoms. The van der Waals surface area contributed by atoms with Gasteiger partial charge in [-0.1, -0.05) is 97.1 Å². The van der Waals surface area contributed by atoms with E-state index in [0.717, 1.165) is 63.2 Å². The smallest absolute Gasteiger partial charge is 0.246 e.